The van der Waals surface area contributed by atoms with Gasteiger partial charge in [-0.2, -0.15) is 5.26 Å². The van der Waals surface area contributed by atoms with E-state index in [0.29, 0.717) is 16.8 Å². The lowest BCUT2D eigenvalue weighted by Gasteiger charge is -2.04. The Kier molecular flexibility index (Phi) is 3.13. The minimum atomic E-state index is -0.242. The fourth-order valence-corrected chi connectivity index (χ4v) is 1.37. The van der Waals surface area contributed by atoms with E-state index in [9.17, 15) is 4.79 Å². The fraction of sp³-hybridized carbons (Fsp3) is 0. The molecule has 1 N–H and O–H groups in total. The second-order valence-corrected chi connectivity index (χ2v) is 3.39. The van der Waals surface area contributed by atoms with Crippen LogP contribution < -0.4 is 5.32 Å². The third kappa shape index (κ3) is 2.67. The Morgan fingerprint density at radius 2 is 2.18 bits per heavy atom. The fourth-order valence-electron chi connectivity index (χ4n) is 1.37. The van der Waals surface area contributed by atoms with Gasteiger partial charge < -0.3 is 5.32 Å². The molecule has 0 radical (unpaired) electrons. The summed E-state index contributed by atoms with van der Waals surface area (Å²) >= 11 is 0. The minimum absolute atomic E-state index is 0.242. The molecule has 2 rings (SSSR count). The molecule has 0 aliphatic carbocycles. The van der Waals surface area contributed by atoms with E-state index in [1.54, 1.807) is 42.6 Å². The molecular weight excluding hydrogens is 214 g/mol. The number of pyridine rings is 1. The molecule has 0 aliphatic rings. The molecule has 0 saturated heterocycles. The quantitative estimate of drug-likeness (QED) is 0.848. The molecule has 17 heavy (non-hydrogen) atoms. The van der Waals surface area contributed by atoms with Crippen molar-refractivity contribution in [3.8, 4) is 6.07 Å². The second kappa shape index (κ2) is 4.90. The van der Waals surface area contributed by atoms with Crippen molar-refractivity contribution in [2.24, 2.45) is 0 Å². The zero-order valence-corrected chi connectivity index (χ0v) is 8.92. The third-order valence-corrected chi connectivity index (χ3v) is 2.17. The molecule has 1 heterocycles. The Bertz CT molecular complexity index is 573. The maximum atomic E-state index is 11.8. The predicted molar refractivity (Wildman–Crippen MR) is 63.3 cm³/mol. The summed E-state index contributed by atoms with van der Waals surface area (Å²) in [6.45, 7) is 0. The van der Waals surface area contributed by atoms with E-state index in [1.165, 1.54) is 6.20 Å². The molecule has 0 spiro atoms. The van der Waals surface area contributed by atoms with Crippen LogP contribution in [-0.4, -0.2) is 10.9 Å². The zero-order chi connectivity index (χ0) is 12.1. The van der Waals surface area contributed by atoms with Crippen LogP contribution in [0.25, 0.3) is 0 Å². The molecule has 0 unspecified atom stereocenters. The molecule has 0 saturated carbocycles. The molecule has 1 amide bonds. The van der Waals surface area contributed by atoms with Crippen LogP contribution in [0.5, 0.6) is 0 Å². The SMILES string of the molecule is N#Cc1cccc(NC(=O)c2cccnc2)c1. The number of nitrogens with one attached hydrogen (secondary N) is 1. The van der Waals surface area contributed by atoms with Crippen molar-refractivity contribution in [1.29, 1.82) is 5.26 Å². The summed E-state index contributed by atoms with van der Waals surface area (Å²) in [6, 6.07) is 12.1. The van der Waals surface area contributed by atoms with E-state index in [0.717, 1.165) is 0 Å². The van der Waals surface area contributed by atoms with E-state index in [4.69, 9.17) is 5.26 Å². The summed E-state index contributed by atoms with van der Waals surface area (Å²) in [5.41, 5.74) is 1.58. The number of nitrogens with zero attached hydrogens (tertiary/aromatic N) is 2. The first-order valence-corrected chi connectivity index (χ1v) is 5.01. The maximum Gasteiger partial charge on any atom is 0.257 e. The van der Waals surface area contributed by atoms with Crippen molar-refractivity contribution in [2.75, 3.05) is 5.32 Å². The highest BCUT2D eigenvalue weighted by molar-refractivity contribution is 6.04. The van der Waals surface area contributed by atoms with E-state index >= 15 is 0 Å². The van der Waals surface area contributed by atoms with Gasteiger partial charge in [-0.05, 0) is 30.3 Å². The summed E-state index contributed by atoms with van der Waals surface area (Å²) in [4.78, 5) is 15.6. The Labute approximate surface area is 98.5 Å². The molecule has 1 aromatic heterocycles. The smallest absolute Gasteiger partial charge is 0.257 e. The van der Waals surface area contributed by atoms with Crippen molar-refractivity contribution in [2.45, 2.75) is 0 Å². The van der Waals surface area contributed by atoms with Crippen LogP contribution in [0.1, 0.15) is 15.9 Å². The van der Waals surface area contributed by atoms with Crippen molar-refractivity contribution < 1.29 is 4.79 Å². The number of rotatable bonds is 2. The van der Waals surface area contributed by atoms with Gasteiger partial charge in [0.15, 0.2) is 0 Å². The van der Waals surface area contributed by atoms with Crippen LogP contribution in [0.4, 0.5) is 5.69 Å². The number of carbonyl (C=O) groups excluding carboxylic acids is 1. The van der Waals surface area contributed by atoms with Gasteiger partial charge in [0.05, 0.1) is 17.2 Å². The average molecular weight is 223 g/mol. The van der Waals surface area contributed by atoms with Crippen LogP contribution in [0, 0.1) is 11.3 Å². The van der Waals surface area contributed by atoms with E-state index < -0.39 is 0 Å². The Morgan fingerprint density at radius 3 is 2.88 bits per heavy atom. The van der Waals surface area contributed by atoms with E-state index in [2.05, 4.69) is 10.3 Å². The maximum absolute atomic E-state index is 11.8. The number of carbonyl (C=O) groups is 1. The average Bonchev–Trinajstić information content (AvgIpc) is 2.40. The van der Waals surface area contributed by atoms with Gasteiger partial charge in [0.2, 0.25) is 0 Å². The van der Waals surface area contributed by atoms with Gasteiger partial charge in [-0.1, -0.05) is 6.07 Å². The number of anilines is 1. The van der Waals surface area contributed by atoms with Crippen LogP contribution in [0.15, 0.2) is 48.8 Å². The number of hydrogen-bond donors (Lipinski definition) is 1. The van der Waals surface area contributed by atoms with Gasteiger partial charge in [0, 0.05) is 18.1 Å². The van der Waals surface area contributed by atoms with E-state index in [1.807, 2.05) is 6.07 Å². The molecule has 0 bridgehead atoms. The molecular formula is C13H9N3O. The largest absolute Gasteiger partial charge is 0.322 e. The van der Waals surface area contributed by atoms with Crippen molar-refractivity contribution in [3.05, 3.63) is 59.9 Å². The van der Waals surface area contributed by atoms with Crippen LogP contribution in [0.3, 0.4) is 0 Å². The normalized spacial score (nSPS) is 9.35. The number of hydrogen-bond acceptors (Lipinski definition) is 3. The first-order chi connectivity index (χ1) is 8.29. The molecule has 4 nitrogen and oxygen atoms in total. The first-order valence-electron chi connectivity index (χ1n) is 5.01. The van der Waals surface area contributed by atoms with Crippen molar-refractivity contribution >= 4 is 11.6 Å². The van der Waals surface area contributed by atoms with Crippen LogP contribution >= 0.6 is 0 Å². The molecule has 0 atom stereocenters. The molecule has 2 aromatic rings. The summed E-state index contributed by atoms with van der Waals surface area (Å²) in [7, 11) is 0. The van der Waals surface area contributed by atoms with Gasteiger partial charge in [-0.3, -0.25) is 9.78 Å². The van der Waals surface area contributed by atoms with Crippen molar-refractivity contribution in [1.82, 2.24) is 4.98 Å². The summed E-state index contributed by atoms with van der Waals surface area (Å²) in [5.74, 6) is -0.242. The number of nitriles is 1. The summed E-state index contributed by atoms with van der Waals surface area (Å²) < 4.78 is 0. The standard InChI is InChI=1S/C13H9N3O/c14-8-10-3-1-5-12(7-10)16-13(17)11-4-2-6-15-9-11/h1-7,9H,(H,16,17). The third-order valence-electron chi connectivity index (χ3n) is 2.17. The Balaban J connectivity index is 2.17. The number of aromatic nitrogens is 1. The highest BCUT2D eigenvalue weighted by Crippen LogP contribution is 2.11. The molecule has 1 aromatic carbocycles. The number of amides is 1. The lowest BCUT2D eigenvalue weighted by Crippen LogP contribution is -2.11. The van der Waals surface area contributed by atoms with Gasteiger partial charge in [-0.25, -0.2) is 0 Å². The van der Waals surface area contributed by atoms with Crippen LogP contribution in [-0.2, 0) is 0 Å². The Morgan fingerprint density at radius 1 is 1.29 bits per heavy atom. The minimum Gasteiger partial charge on any atom is -0.322 e. The topological polar surface area (TPSA) is 65.8 Å². The lowest BCUT2D eigenvalue weighted by molar-refractivity contribution is 0.102. The highest BCUT2D eigenvalue weighted by Gasteiger charge is 2.05. The highest BCUT2D eigenvalue weighted by atomic mass is 16.1. The molecule has 0 aliphatic heterocycles. The lowest BCUT2D eigenvalue weighted by atomic mass is 10.2. The number of benzene rings is 1. The first kappa shape index (κ1) is 10.8. The predicted octanol–water partition coefficient (Wildman–Crippen LogP) is 2.21. The van der Waals surface area contributed by atoms with Gasteiger partial charge in [0.1, 0.15) is 0 Å². The molecule has 4 heteroatoms. The van der Waals surface area contributed by atoms with Crippen molar-refractivity contribution in [3.63, 3.8) is 0 Å². The zero-order valence-electron chi connectivity index (χ0n) is 8.92. The van der Waals surface area contributed by atoms with Crippen LogP contribution in [0.2, 0.25) is 0 Å². The summed E-state index contributed by atoms with van der Waals surface area (Å²) in [6.07, 6.45) is 3.09. The summed E-state index contributed by atoms with van der Waals surface area (Å²) in [5, 5.41) is 11.4. The second-order valence-electron chi connectivity index (χ2n) is 3.39. The Hall–Kier alpha value is -2.67. The van der Waals surface area contributed by atoms with Gasteiger partial charge >= 0.3 is 0 Å². The monoisotopic (exact) mass is 223 g/mol. The van der Waals surface area contributed by atoms with Gasteiger partial charge in [0.25, 0.3) is 5.91 Å². The van der Waals surface area contributed by atoms with E-state index in [-0.39, 0.29) is 5.91 Å². The molecule has 0 fully saturated rings. The molecule has 82 valence electrons. The van der Waals surface area contributed by atoms with Gasteiger partial charge in [-0.15, -0.1) is 0 Å².